The third-order valence-corrected chi connectivity index (χ3v) is 2.16. The number of carbonyl (C=O) groups is 2. The maximum atomic E-state index is 10.9. The first-order chi connectivity index (χ1) is 6.56. The van der Waals surface area contributed by atoms with Gasteiger partial charge >= 0.3 is 6.09 Å². The molecule has 0 aromatic rings. The Morgan fingerprint density at radius 1 is 1.36 bits per heavy atom. The molecule has 0 saturated heterocycles. The third kappa shape index (κ3) is 7.58. The summed E-state index contributed by atoms with van der Waals surface area (Å²) in [5, 5.41) is 10.1. The van der Waals surface area contributed by atoms with E-state index in [0.29, 0.717) is 12.3 Å². The predicted octanol–water partition coefficient (Wildman–Crippen LogP) is 2.39. The van der Waals surface area contributed by atoms with Gasteiger partial charge in [-0.05, 0) is 12.3 Å². The SMILES string of the molecule is CCCC[C@@H](C)CCC(=O)NC(=O)O. The van der Waals surface area contributed by atoms with E-state index in [1.165, 1.54) is 6.42 Å². The lowest BCUT2D eigenvalue weighted by atomic mass is 9.99. The van der Waals surface area contributed by atoms with Crippen LogP contribution >= 0.6 is 0 Å². The van der Waals surface area contributed by atoms with Gasteiger partial charge in [-0.15, -0.1) is 0 Å². The largest absolute Gasteiger partial charge is 0.465 e. The monoisotopic (exact) mass is 201 g/mol. The standard InChI is InChI=1S/C10H19NO3/c1-3-4-5-8(2)6-7-9(12)11-10(13)14/h8H,3-7H2,1-2H3,(H,11,12)(H,13,14)/t8-/m1/s1. The zero-order valence-corrected chi connectivity index (χ0v) is 8.88. The van der Waals surface area contributed by atoms with Crippen LogP contribution in [0.1, 0.15) is 46.0 Å². The zero-order chi connectivity index (χ0) is 11.0. The lowest BCUT2D eigenvalue weighted by molar-refractivity contribution is -0.120. The number of carboxylic acid groups (broad SMARTS) is 1. The first-order valence-corrected chi connectivity index (χ1v) is 5.09. The summed E-state index contributed by atoms with van der Waals surface area (Å²) in [5.74, 6) is 0.0929. The van der Waals surface area contributed by atoms with E-state index in [1.54, 1.807) is 0 Å². The average molecular weight is 201 g/mol. The average Bonchev–Trinajstić information content (AvgIpc) is 2.10. The highest BCUT2D eigenvalue weighted by atomic mass is 16.4. The molecular weight excluding hydrogens is 182 g/mol. The minimum atomic E-state index is -1.27. The topological polar surface area (TPSA) is 66.4 Å². The van der Waals surface area contributed by atoms with Gasteiger partial charge < -0.3 is 5.11 Å². The highest BCUT2D eigenvalue weighted by molar-refractivity contribution is 5.90. The van der Waals surface area contributed by atoms with Crippen LogP contribution in [0.3, 0.4) is 0 Å². The summed E-state index contributed by atoms with van der Waals surface area (Å²) in [4.78, 5) is 21.0. The van der Waals surface area contributed by atoms with Gasteiger partial charge in [0.05, 0.1) is 0 Å². The minimum absolute atomic E-state index is 0.303. The van der Waals surface area contributed by atoms with E-state index in [2.05, 4.69) is 13.8 Å². The van der Waals surface area contributed by atoms with Crippen LogP contribution in [-0.4, -0.2) is 17.1 Å². The van der Waals surface area contributed by atoms with Crippen LogP contribution < -0.4 is 5.32 Å². The Morgan fingerprint density at radius 3 is 2.50 bits per heavy atom. The van der Waals surface area contributed by atoms with Crippen molar-refractivity contribution in [2.45, 2.75) is 46.0 Å². The van der Waals surface area contributed by atoms with Gasteiger partial charge in [-0.25, -0.2) is 4.79 Å². The van der Waals surface area contributed by atoms with Crippen LogP contribution in [0.5, 0.6) is 0 Å². The summed E-state index contributed by atoms with van der Waals surface area (Å²) in [6.07, 6.45) is 3.23. The molecule has 2 N–H and O–H groups in total. The first-order valence-electron chi connectivity index (χ1n) is 5.09. The Hall–Kier alpha value is -1.06. The van der Waals surface area contributed by atoms with Gasteiger partial charge in [0.15, 0.2) is 0 Å². The molecule has 82 valence electrons. The minimum Gasteiger partial charge on any atom is -0.465 e. The highest BCUT2D eigenvalue weighted by Gasteiger charge is 2.08. The molecule has 0 aliphatic rings. The summed E-state index contributed by atoms with van der Waals surface area (Å²) in [7, 11) is 0. The smallest absolute Gasteiger partial charge is 0.411 e. The Kier molecular flexibility index (Phi) is 6.80. The fourth-order valence-electron chi connectivity index (χ4n) is 1.26. The van der Waals surface area contributed by atoms with Gasteiger partial charge in [-0.1, -0.05) is 33.1 Å². The molecule has 0 aromatic heterocycles. The quantitative estimate of drug-likeness (QED) is 0.693. The molecule has 0 spiro atoms. The fraction of sp³-hybridized carbons (Fsp3) is 0.800. The van der Waals surface area contributed by atoms with Crippen molar-refractivity contribution in [1.29, 1.82) is 0 Å². The number of hydrogen-bond acceptors (Lipinski definition) is 2. The van der Waals surface area contributed by atoms with Crippen molar-refractivity contribution in [3.8, 4) is 0 Å². The van der Waals surface area contributed by atoms with Crippen LogP contribution in [0.2, 0.25) is 0 Å². The number of unbranched alkanes of at least 4 members (excludes halogenated alkanes) is 1. The van der Waals surface area contributed by atoms with Gasteiger partial charge in [0, 0.05) is 6.42 Å². The fourth-order valence-corrected chi connectivity index (χ4v) is 1.26. The zero-order valence-electron chi connectivity index (χ0n) is 8.88. The highest BCUT2D eigenvalue weighted by Crippen LogP contribution is 2.13. The summed E-state index contributed by atoms with van der Waals surface area (Å²) in [6, 6.07) is 0. The maximum Gasteiger partial charge on any atom is 0.411 e. The third-order valence-electron chi connectivity index (χ3n) is 2.16. The van der Waals surface area contributed by atoms with Crippen LogP contribution in [0.15, 0.2) is 0 Å². The molecule has 0 bridgehead atoms. The summed E-state index contributed by atoms with van der Waals surface area (Å²) in [6.45, 7) is 4.22. The predicted molar refractivity (Wildman–Crippen MR) is 54.1 cm³/mol. The van der Waals surface area contributed by atoms with Crippen LogP contribution in [0, 0.1) is 5.92 Å². The van der Waals surface area contributed by atoms with E-state index in [4.69, 9.17) is 5.11 Å². The van der Waals surface area contributed by atoms with Crippen molar-refractivity contribution in [2.24, 2.45) is 5.92 Å². The van der Waals surface area contributed by atoms with Gasteiger partial charge in [0.1, 0.15) is 0 Å². The number of rotatable bonds is 6. The van der Waals surface area contributed by atoms with Crippen molar-refractivity contribution >= 4 is 12.0 Å². The van der Waals surface area contributed by atoms with Gasteiger partial charge in [0.25, 0.3) is 0 Å². The maximum absolute atomic E-state index is 10.9. The van der Waals surface area contributed by atoms with E-state index in [9.17, 15) is 9.59 Å². The molecule has 4 nitrogen and oxygen atoms in total. The van der Waals surface area contributed by atoms with E-state index >= 15 is 0 Å². The molecule has 0 heterocycles. The number of carbonyl (C=O) groups excluding carboxylic acids is 1. The molecule has 14 heavy (non-hydrogen) atoms. The summed E-state index contributed by atoms with van der Waals surface area (Å²) in [5.41, 5.74) is 0. The Balaban J connectivity index is 3.50. The Labute approximate surface area is 84.7 Å². The second-order valence-electron chi connectivity index (χ2n) is 3.64. The van der Waals surface area contributed by atoms with E-state index in [-0.39, 0.29) is 0 Å². The number of nitrogens with one attached hydrogen (secondary N) is 1. The number of imide groups is 1. The molecule has 0 aromatic carbocycles. The van der Waals surface area contributed by atoms with Crippen molar-refractivity contribution in [3.63, 3.8) is 0 Å². The molecule has 0 aliphatic carbocycles. The number of amides is 2. The molecule has 2 amide bonds. The van der Waals surface area contributed by atoms with Crippen molar-refractivity contribution < 1.29 is 14.7 Å². The molecule has 0 radical (unpaired) electrons. The first kappa shape index (κ1) is 12.9. The molecule has 0 fully saturated rings. The lowest BCUT2D eigenvalue weighted by Crippen LogP contribution is -2.28. The van der Waals surface area contributed by atoms with Gasteiger partial charge in [0.2, 0.25) is 5.91 Å². The summed E-state index contributed by atoms with van der Waals surface area (Å²) < 4.78 is 0. The number of hydrogen-bond donors (Lipinski definition) is 2. The van der Waals surface area contributed by atoms with Gasteiger partial charge in [-0.3, -0.25) is 10.1 Å². The molecule has 4 heteroatoms. The van der Waals surface area contributed by atoms with E-state index in [1.807, 2.05) is 5.32 Å². The second kappa shape index (κ2) is 7.35. The lowest BCUT2D eigenvalue weighted by Gasteiger charge is -2.09. The van der Waals surface area contributed by atoms with Crippen LogP contribution in [-0.2, 0) is 4.79 Å². The molecule has 0 unspecified atom stereocenters. The molecular formula is C10H19NO3. The Bertz CT molecular complexity index is 192. The molecule has 0 aliphatic heterocycles. The molecule has 0 rings (SSSR count). The van der Waals surface area contributed by atoms with Crippen molar-refractivity contribution in [3.05, 3.63) is 0 Å². The van der Waals surface area contributed by atoms with E-state index in [0.717, 1.165) is 19.3 Å². The summed E-state index contributed by atoms with van der Waals surface area (Å²) >= 11 is 0. The second-order valence-corrected chi connectivity index (χ2v) is 3.64. The molecule has 0 saturated carbocycles. The normalized spacial score (nSPS) is 12.1. The van der Waals surface area contributed by atoms with E-state index < -0.39 is 12.0 Å². The van der Waals surface area contributed by atoms with Crippen molar-refractivity contribution in [1.82, 2.24) is 5.32 Å². The Morgan fingerprint density at radius 2 is 2.00 bits per heavy atom. The molecule has 1 atom stereocenters. The van der Waals surface area contributed by atoms with Crippen LogP contribution in [0.25, 0.3) is 0 Å². The van der Waals surface area contributed by atoms with Crippen molar-refractivity contribution in [2.75, 3.05) is 0 Å². The van der Waals surface area contributed by atoms with Crippen LogP contribution in [0.4, 0.5) is 4.79 Å². The van der Waals surface area contributed by atoms with Gasteiger partial charge in [-0.2, -0.15) is 0 Å².